The fraction of sp³-hybridized carbons (Fsp3) is 0.500. The number of aliphatic hydroxyl groups excluding tert-OH is 1. The summed E-state index contributed by atoms with van der Waals surface area (Å²) in [7, 11) is 0. The van der Waals surface area contributed by atoms with E-state index in [1.807, 2.05) is 13.0 Å². The molecule has 2 nitrogen and oxygen atoms in total. The van der Waals surface area contributed by atoms with Crippen molar-refractivity contribution in [1.82, 2.24) is 5.32 Å². The topological polar surface area (TPSA) is 32.3 Å². The second-order valence-corrected chi connectivity index (χ2v) is 8.42. The molecule has 26 heavy (non-hydrogen) atoms. The number of nitrogens with one attached hydrogen (secondary N) is 1. The van der Waals surface area contributed by atoms with E-state index in [1.54, 1.807) is 0 Å². The molecule has 140 valence electrons. The molecule has 2 N–H and O–H groups in total. The molecule has 0 radical (unpaired) electrons. The zero-order valence-corrected chi connectivity index (χ0v) is 16.2. The Morgan fingerprint density at radius 1 is 1.04 bits per heavy atom. The van der Waals surface area contributed by atoms with Gasteiger partial charge < -0.3 is 10.4 Å². The molecule has 2 aromatic rings. The van der Waals surface area contributed by atoms with Crippen LogP contribution in [0, 0.1) is 11.3 Å². The molecule has 0 heterocycles. The maximum absolute atomic E-state index is 10.4. The van der Waals surface area contributed by atoms with Gasteiger partial charge in [0.25, 0.3) is 0 Å². The minimum atomic E-state index is -0.361. The summed E-state index contributed by atoms with van der Waals surface area (Å²) in [5.41, 5.74) is 3.91. The van der Waals surface area contributed by atoms with Crippen LogP contribution in [0.2, 0.25) is 0 Å². The SMILES string of the molecule is CC(O)C(C)(CNCc1cccc(CC2CCC2)c1)Cc1ccccc1. The molecule has 0 aliphatic heterocycles. The first kappa shape index (κ1) is 19.1. The normalized spacial score (nSPS) is 18.1. The smallest absolute Gasteiger partial charge is 0.0581 e. The van der Waals surface area contributed by atoms with Crippen LogP contribution < -0.4 is 5.32 Å². The average Bonchev–Trinajstić information content (AvgIpc) is 2.59. The molecule has 0 bridgehead atoms. The van der Waals surface area contributed by atoms with Crippen LogP contribution in [0.1, 0.15) is 49.8 Å². The molecule has 1 aliphatic rings. The van der Waals surface area contributed by atoms with Crippen molar-refractivity contribution in [3.05, 3.63) is 71.3 Å². The molecule has 0 amide bonds. The van der Waals surface area contributed by atoms with Crippen molar-refractivity contribution in [1.29, 1.82) is 0 Å². The van der Waals surface area contributed by atoms with Crippen molar-refractivity contribution in [3.63, 3.8) is 0 Å². The summed E-state index contributed by atoms with van der Waals surface area (Å²) >= 11 is 0. The van der Waals surface area contributed by atoms with Crippen molar-refractivity contribution in [3.8, 4) is 0 Å². The molecule has 2 aromatic carbocycles. The van der Waals surface area contributed by atoms with Crippen LogP contribution in [0.3, 0.4) is 0 Å². The van der Waals surface area contributed by atoms with Crippen LogP contribution in [0.5, 0.6) is 0 Å². The largest absolute Gasteiger partial charge is 0.393 e. The zero-order valence-electron chi connectivity index (χ0n) is 16.2. The van der Waals surface area contributed by atoms with E-state index in [2.05, 4.69) is 60.8 Å². The van der Waals surface area contributed by atoms with Gasteiger partial charge in [0.2, 0.25) is 0 Å². The lowest BCUT2D eigenvalue weighted by Crippen LogP contribution is -2.41. The minimum Gasteiger partial charge on any atom is -0.393 e. The fourth-order valence-electron chi connectivity index (χ4n) is 3.81. The van der Waals surface area contributed by atoms with E-state index in [0.29, 0.717) is 0 Å². The lowest BCUT2D eigenvalue weighted by atomic mass is 9.79. The van der Waals surface area contributed by atoms with E-state index in [-0.39, 0.29) is 11.5 Å². The van der Waals surface area contributed by atoms with Gasteiger partial charge in [0.1, 0.15) is 0 Å². The maximum Gasteiger partial charge on any atom is 0.0581 e. The third-order valence-electron chi connectivity index (χ3n) is 6.06. The second-order valence-electron chi connectivity index (χ2n) is 8.42. The average molecular weight is 352 g/mol. The van der Waals surface area contributed by atoms with E-state index in [9.17, 15) is 5.11 Å². The van der Waals surface area contributed by atoms with Gasteiger partial charge in [-0.05, 0) is 42.4 Å². The van der Waals surface area contributed by atoms with Crippen LogP contribution in [0.25, 0.3) is 0 Å². The molecular weight excluding hydrogens is 318 g/mol. The Morgan fingerprint density at radius 2 is 1.73 bits per heavy atom. The molecule has 1 saturated carbocycles. The van der Waals surface area contributed by atoms with Gasteiger partial charge >= 0.3 is 0 Å². The van der Waals surface area contributed by atoms with E-state index in [1.165, 1.54) is 42.4 Å². The first-order valence-electron chi connectivity index (χ1n) is 10.1. The Morgan fingerprint density at radius 3 is 2.38 bits per heavy atom. The zero-order chi connectivity index (χ0) is 18.4. The first-order chi connectivity index (χ1) is 12.5. The van der Waals surface area contributed by atoms with Crippen LogP contribution in [0.4, 0.5) is 0 Å². The number of benzene rings is 2. The summed E-state index contributed by atoms with van der Waals surface area (Å²) in [5, 5.41) is 14.0. The summed E-state index contributed by atoms with van der Waals surface area (Å²) in [6.45, 7) is 5.73. The first-order valence-corrected chi connectivity index (χ1v) is 10.1. The number of rotatable bonds is 9. The highest BCUT2D eigenvalue weighted by Gasteiger charge is 2.30. The van der Waals surface area contributed by atoms with Crippen molar-refractivity contribution in [2.24, 2.45) is 11.3 Å². The van der Waals surface area contributed by atoms with Crippen LogP contribution in [-0.2, 0) is 19.4 Å². The van der Waals surface area contributed by atoms with Gasteiger partial charge in [-0.2, -0.15) is 0 Å². The van der Waals surface area contributed by atoms with E-state index in [4.69, 9.17) is 0 Å². The highest BCUT2D eigenvalue weighted by atomic mass is 16.3. The molecule has 0 aromatic heterocycles. The van der Waals surface area contributed by atoms with Gasteiger partial charge in [-0.15, -0.1) is 0 Å². The van der Waals surface area contributed by atoms with E-state index in [0.717, 1.165) is 25.4 Å². The summed E-state index contributed by atoms with van der Waals surface area (Å²) in [6, 6.07) is 19.5. The molecular formula is C24H33NO. The van der Waals surface area contributed by atoms with Crippen LogP contribution in [-0.4, -0.2) is 17.8 Å². The summed E-state index contributed by atoms with van der Waals surface area (Å²) < 4.78 is 0. The quantitative estimate of drug-likeness (QED) is 0.683. The lowest BCUT2D eigenvalue weighted by molar-refractivity contribution is 0.0519. The standard InChI is InChI=1S/C24H33NO/c1-19(26)24(2,16-21-8-4-3-5-9-21)18-25-17-23-13-7-12-22(15-23)14-20-10-6-11-20/h3-5,7-9,12-13,15,19-20,25-26H,6,10-11,14,16-18H2,1-2H3. The molecule has 2 heteroatoms. The van der Waals surface area contributed by atoms with Gasteiger partial charge in [0.05, 0.1) is 6.10 Å². The Bertz CT molecular complexity index is 678. The Hall–Kier alpha value is -1.64. The van der Waals surface area contributed by atoms with Crippen LogP contribution >= 0.6 is 0 Å². The van der Waals surface area contributed by atoms with Crippen molar-refractivity contribution < 1.29 is 5.11 Å². The van der Waals surface area contributed by atoms with Gasteiger partial charge in [-0.1, -0.05) is 80.8 Å². The predicted octanol–water partition coefficient (Wildman–Crippen LogP) is 4.75. The molecule has 1 aliphatic carbocycles. The van der Waals surface area contributed by atoms with Crippen molar-refractivity contribution in [2.75, 3.05) is 6.54 Å². The summed E-state index contributed by atoms with van der Waals surface area (Å²) in [4.78, 5) is 0. The minimum absolute atomic E-state index is 0.176. The molecule has 1 fully saturated rings. The number of hydrogen-bond acceptors (Lipinski definition) is 2. The molecule has 2 unspecified atom stereocenters. The van der Waals surface area contributed by atoms with Gasteiger partial charge in [-0.3, -0.25) is 0 Å². The van der Waals surface area contributed by atoms with Gasteiger partial charge in [-0.25, -0.2) is 0 Å². The highest BCUT2D eigenvalue weighted by Crippen LogP contribution is 2.30. The van der Waals surface area contributed by atoms with E-state index < -0.39 is 0 Å². The third-order valence-corrected chi connectivity index (χ3v) is 6.06. The lowest BCUT2D eigenvalue weighted by Gasteiger charge is -2.33. The molecule has 0 spiro atoms. The molecule has 0 saturated heterocycles. The molecule has 3 rings (SSSR count). The predicted molar refractivity (Wildman–Crippen MR) is 109 cm³/mol. The highest BCUT2D eigenvalue weighted by molar-refractivity contribution is 5.24. The maximum atomic E-state index is 10.4. The molecule has 2 atom stereocenters. The monoisotopic (exact) mass is 351 g/mol. The Labute approximate surface area is 158 Å². The van der Waals surface area contributed by atoms with E-state index >= 15 is 0 Å². The summed E-state index contributed by atoms with van der Waals surface area (Å²) in [5.74, 6) is 0.905. The second kappa shape index (κ2) is 8.83. The number of aliphatic hydroxyl groups is 1. The van der Waals surface area contributed by atoms with Crippen LogP contribution in [0.15, 0.2) is 54.6 Å². The van der Waals surface area contributed by atoms with Gasteiger partial charge in [0.15, 0.2) is 0 Å². The fourth-order valence-corrected chi connectivity index (χ4v) is 3.81. The third kappa shape index (κ3) is 5.18. The van der Waals surface area contributed by atoms with Crippen molar-refractivity contribution in [2.45, 2.75) is 58.6 Å². The summed E-state index contributed by atoms with van der Waals surface area (Å²) in [6.07, 6.45) is 5.95. The Kier molecular flexibility index (Phi) is 6.50. The number of hydrogen-bond donors (Lipinski definition) is 2. The van der Waals surface area contributed by atoms with Crippen molar-refractivity contribution >= 4 is 0 Å². The Balaban J connectivity index is 1.55. The van der Waals surface area contributed by atoms with Gasteiger partial charge in [0, 0.05) is 18.5 Å².